The summed E-state index contributed by atoms with van der Waals surface area (Å²) >= 11 is 7.61. The number of thiazole rings is 1. The molecule has 0 radical (unpaired) electrons. The van der Waals surface area contributed by atoms with Crippen molar-refractivity contribution in [2.24, 2.45) is 10.9 Å². The first-order chi connectivity index (χ1) is 18.8. The molecule has 0 aliphatic heterocycles. The maximum absolute atomic E-state index is 12.8. The van der Waals surface area contributed by atoms with Gasteiger partial charge in [0.05, 0.1) is 40.5 Å². The SMILES string of the molecule is CCOCCn1c(=NC(=O)CSCC(=O)Nc2sc3c(c2C(=O)OCC)CCC(C)C3)sc2cc(Br)ccc21. The Kier molecular flexibility index (Phi) is 10.8. The molecule has 0 bridgehead atoms. The van der Waals surface area contributed by atoms with Crippen molar-refractivity contribution in [3.8, 4) is 0 Å². The monoisotopic (exact) mass is 653 g/mol. The number of nitrogens with zero attached hydrogens (tertiary/aromatic N) is 2. The second-order valence-electron chi connectivity index (χ2n) is 9.17. The molecule has 0 spiro atoms. The summed E-state index contributed by atoms with van der Waals surface area (Å²) in [7, 11) is 0. The van der Waals surface area contributed by atoms with Crippen LogP contribution in [0.25, 0.3) is 10.2 Å². The van der Waals surface area contributed by atoms with Crippen molar-refractivity contribution in [1.29, 1.82) is 0 Å². The summed E-state index contributed by atoms with van der Waals surface area (Å²) in [5, 5.41) is 3.44. The van der Waals surface area contributed by atoms with Crippen molar-refractivity contribution in [3.63, 3.8) is 0 Å². The van der Waals surface area contributed by atoms with Gasteiger partial charge in [0.2, 0.25) is 5.91 Å². The molecule has 4 rings (SSSR count). The van der Waals surface area contributed by atoms with E-state index in [9.17, 15) is 14.4 Å². The highest BCUT2D eigenvalue weighted by Crippen LogP contribution is 2.40. The van der Waals surface area contributed by atoms with Crippen LogP contribution in [0.4, 0.5) is 5.00 Å². The van der Waals surface area contributed by atoms with Crippen LogP contribution in [-0.4, -0.2) is 53.7 Å². The molecule has 12 heteroatoms. The minimum atomic E-state index is -0.394. The molecule has 2 heterocycles. The fourth-order valence-corrected chi connectivity index (χ4v) is 8.08. The third kappa shape index (κ3) is 7.60. The number of thioether (sulfide) groups is 1. The number of esters is 1. The normalized spacial score (nSPS) is 15.4. The van der Waals surface area contributed by atoms with E-state index in [1.807, 2.05) is 29.7 Å². The summed E-state index contributed by atoms with van der Waals surface area (Å²) in [4.78, 5) is 44.3. The highest BCUT2D eigenvalue weighted by molar-refractivity contribution is 9.10. The first-order valence-corrected chi connectivity index (χ1v) is 16.5. The molecule has 1 aliphatic carbocycles. The second kappa shape index (κ2) is 14.1. The van der Waals surface area contributed by atoms with Gasteiger partial charge < -0.3 is 19.4 Å². The van der Waals surface area contributed by atoms with Gasteiger partial charge in [-0.3, -0.25) is 9.59 Å². The van der Waals surface area contributed by atoms with Gasteiger partial charge in [-0.25, -0.2) is 4.79 Å². The van der Waals surface area contributed by atoms with Crippen molar-refractivity contribution >= 4 is 83.4 Å². The summed E-state index contributed by atoms with van der Waals surface area (Å²) in [6.45, 7) is 7.91. The van der Waals surface area contributed by atoms with Crippen molar-refractivity contribution < 1.29 is 23.9 Å². The first-order valence-electron chi connectivity index (χ1n) is 12.9. The van der Waals surface area contributed by atoms with E-state index in [1.54, 1.807) is 6.92 Å². The average molecular weight is 655 g/mol. The van der Waals surface area contributed by atoms with Crippen LogP contribution in [0.3, 0.4) is 0 Å². The molecule has 1 N–H and O–H groups in total. The molecular formula is C27H32BrN3O5S3. The number of thiophene rings is 1. The van der Waals surface area contributed by atoms with Gasteiger partial charge in [0.1, 0.15) is 5.00 Å². The smallest absolute Gasteiger partial charge is 0.341 e. The molecule has 2 amide bonds. The number of rotatable bonds is 11. The third-order valence-electron chi connectivity index (χ3n) is 6.23. The quantitative estimate of drug-likeness (QED) is 0.212. The van der Waals surface area contributed by atoms with E-state index >= 15 is 0 Å². The Hall–Kier alpha value is -1.99. The molecule has 1 aliphatic rings. The van der Waals surface area contributed by atoms with E-state index in [4.69, 9.17) is 9.47 Å². The van der Waals surface area contributed by atoms with E-state index in [2.05, 4.69) is 33.2 Å². The highest BCUT2D eigenvalue weighted by Gasteiger charge is 2.29. The maximum atomic E-state index is 12.8. The zero-order valence-electron chi connectivity index (χ0n) is 22.2. The number of hydrogen-bond acceptors (Lipinski definition) is 8. The molecule has 1 aromatic carbocycles. The minimum Gasteiger partial charge on any atom is -0.462 e. The number of carbonyl (C=O) groups excluding carboxylic acids is 3. The molecule has 0 fully saturated rings. The minimum absolute atomic E-state index is 0.0695. The molecule has 0 saturated heterocycles. The van der Waals surface area contributed by atoms with Gasteiger partial charge in [-0.2, -0.15) is 4.99 Å². The van der Waals surface area contributed by atoms with Crippen LogP contribution in [-0.2, 0) is 38.4 Å². The molecule has 210 valence electrons. The lowest BCUT2D eigenvalue weighted by Gasteiger charge is -2.18. The van der Waals surface area contributed by atoms with Crippen molar-refractivity contribution in [2.75, 3.05) is 36.6 Å². The summed E-state index contributed by atoms with van der Waals surface area (Å²) in [5.74, 6) is -0.277. The van der Waals surface area contributed by atoms with Crippen LogP contribution in [0, 0.1) is 5.92 Å². The Labute approximate surface area is 248 Å². The number of anilines is 1. The number of ether oxygens (including phenoxy) is 2. The number of amides is 2. The Morgan fingerprint density at radius 1 is 1.21 bits per heavy atom. The first kappa shape index (κ1) is 30.0. The summed E-state index contributed by atoms with van der Waals surface area (Å²) in [6, 6.07) is 5.97. The fraction of sp³-hybridized carbons (Fsp3) is 0.481. The summed E-state index contributed by atoms with van der Waals surface area (Å²) in [6.07, 6.45) is 2.71. The largest absolute Gasteiger partial charge is 0.462 e. The standard InChI is InChI=1S/C27H32BrN3O5S3/c1-4-35-11-10-31-19-9-7-17(28)13-21(19)39-27(31)30-23(33)15-37-14-22(32)29-25-24(26(34)36-5-2)18-8-6-16(3)12-20(18)38-25/h7,9,13,16H,4-6,8,10-12,14-15H2,1-3H3,(H,29,32). The van der Waals surface area contributed by atoms with E-state index in [1.165, 1.54) is 34.4 Å². The van der Waals surface area contributed by atoms with Crippen LogP contribution < -0.4 is 10.1 Å². The number of nitrogens with one attached hydrogen (secondary N) is 1. The van der Waals surface area contributed by atoms with Crippen LogP contribution in [0.2, 0.25) is 0 Å². The summed E-state index contributed by atoms with van der Waals surface area (Å²) in [5.41, 5.74) is 2.48. The van der Waals surface area contributed by atoms with Gasteiger partial charge in [-0.15, -0.1) is 23.1 Å². The van der Waals surface area contributed by atoms with Gasteiger partial charge >= 0.3 is 5.97 Å². The van der Waals surface area contributed by atoms with Crippen molar-refractivity contribution in [2.45, 2.75) is 46.6 Å². The van der Waals surface area contributed by atoms with Crippen LogP contribution in [0.5, 0.6) is 0 Å². The highest BCUT2D eigenvalue weighted by atomic mass is 79.9. The lowest BCUT2D eigenvalue weighted by molar-refractivity contribution is -0.115. The maximum Gasteiger partial charge on any atom is 0.341 e. The lowest BCUT2D eigenvalue weighted by atomic mass is 9.88. The molecule has 0 saturated carbocycles. The molecule has 2 aromatic heterocycles. The number of halogens is 1. The van der Waals surface area contributed by atoms with Crippen LogP contribution in [0.15, 0.2) is 27.7 Å². The zero-order valence-corrected chi connectivity index (χ0v) is 26.2. The molecule has 39 heavy (non-hydrogen) atoms. The van der Waals surface area contributed by atoms with Crippen LogP contribution >= 0.6 is 50.4 Å². The number of benzene rings is 1. The van der Waals surface area contributed by atoms with E-state index in [0.717, 1.165) is 44.4 Å². The van der Waals surface area contributed by atoms with Gasteiger partial charge in [0, 0.05) is 22.5 Å². The lowest BCUT2D eigenvalue weighted by Crippen LogP contribution is -2.21. The van der Waals surface area contributed by atoms with Gasteiger partial charge in [0.15, 0.2) is 4.80 Å². The number of fused-ring (bicyclic) bond motifs is 2. The Balaban J connectivity index is 1.41. The Morgan fingerprint density at radius 3 is 2.79 bits per heavy atom. The van der Waals surface area contributed by atoms with Crippen LogP contribution in [0.1, 0.15) is 48.0 Å². The van der Waals surface area contributed by atoms with Crippen molar-refractivity contribution in [3.05, 3.63) is 43.5 Å². The van der Waals surface area contributed by atoms with E-state index < -0.39 is 5.97 Å². The average Bonchev–Trinajstić information content (AvgIpc) is 3.40. The zero-order chi connectivity index (χ0) is 27.9. The number of aromatic nitrogens is 1. The molecule has 1 atom stereocenters. The molecule has 3 aromatic rings. The van der Waals surface area contributed by atoms with E-state index in [0.29, 0.717) is 41.0 Å². The topological polar surface area (TPSA) is 99.0 Å². The number of hydrogen-bond donors (Lipinski definition) is 1. The fourth-order valence-electron chi connectivity index (χ4n) is 4.44. The van der Waals surface area contributed by atoms with Gasteiger partial charge in [-0.1, -0.05) is 34.2 Å². The van der Waals surface area contributed by atoms with Gasteiger partial charge in [0.25, 0.3) is 5.91 Å². The molecule has 1 unspecified atom stereocenters. The Morgan fingerprint density at radius 2 is 2.03 bits per heavy atom. The molecule has 8 nitrogen and oxygen atoms in total. The predicted molar refractivity (Wildman–Crippen MR) is 162 cm³/mol. The third-order valence-corrected chi connectivity index (χ3v) is 9.85. The summed E-state index contributed by atoms with van der Waals surface area (Å²) < 4.78 is 14.8. The number of carbonyl (C=O) groups is 3. The molecular weight excluding hydrogens is 622 g/mol. The van der Waals surface area contributed by atoms with Crippen molar-refractivity contribution in [1.82, 2.24) is 4.57 Å². The van der Waals surface area contributed by atoms with Gasteiger partial charge in [-0.05, 0) is 62.8 Å². The van der Waals surface area contributed by atoms with E-state index in [-0.39, 0.29) is 29.9 Å². The second-order valence-corrected chi connectivity index (χ2v) is 13.2. The Bertz CT molecular complexity index is 1430. The predicted octanol–water partition coefficient (Wildman–Crippen LogP) is 5.66.